The van der Waals surface area contributed by atoms with Gasteiger partial charge in [0.1, 0.15) is 5.82 Å². The zero-order valence-electron chi connectivity index (χ0n) is 15.8. The van der Waals surface area contributed by atoms with Gasteiger partial charge in [0.2, 0.25) is 5.91 Å². The smallest absolute Gasteiger partial charge is 0.258 e. The highest BCUT2D eigenvalue weighted by molar-refractivity contribution is 5.77. The number of carbonyl (C=O) groups is 1. The minimum absolute atomic E-state index is 0.0378. The molecule has 1 aliphatic rings. The summed E-state index contributed by atoms with van der Waals surface area (Å²) in [6.45, 7) is 1.36. The average molecular weight is 371 g/mol. The fourth-order valence-corrected chi connectivity index (χ4v) is 3.54. The number of hydrogen-bond acceptors (Lipinski definition) is 4. The van der Waals surface area contributed by atoms with Gasteiger partial charge in [0.25, 0.3) is 5.56 Å². The van der Waals surface area contributed by atoms with E-state index in [1.54, 1.807) is 6.07 Å². The molecular weight excluding hydrogens is 342 g/mol. The van der Waals surface area contributed by atoms with E-state index in [1.807, 2.05) is 18.2 Å². The fourth-order valence-electron chi connectivity index (χ4n) is 3.54. The van der Waals surface area contributed by atoms with Gasteiger partial charge in [-0.1, -0.05) is 31.4 Å². The molecule has 3 rings (SSSR count). The van der Waals surface area contributed by atoms with E-state index in [9.17, 15) is 9.59 Å². The van der Waals surface area contributed by atoms with Crippen molar-refractivity contribution in [3.63, 3.8) is 0 Å². The van der Waals surface area contributed by atoms with Crippen LogP contribution in [-0.4, -0.2) is 35.1 Å². The second kappa shape index (κ2) is 10.2. The highest BCUT2D eigenvalue weighted by atomic mass is 16.5. The van der Waals surface area contributed by atoms with Crippen molar-refractivity contribution in [1.82, 2.24) is 15.3 Å². The lowest BCUT2D eigenvalue weighted by Gasteiger charge is -2.21. The predicted octanol–water partition coefficient (Wildman–Crippen LogP) is 3.10. The van der Waals surface area contributed by atoms with Crippen LogP contribution in [0.25, 0.3) is 10.9 Å². The minimum Gasteiger partial charge on any atom is -0.378 e. The second-order valence-electron chi connectivity index (χ2n) is 7.22. The fraction of sp³-hybridized carbons (Fsp3) is 0.571. The zero-order valence-corrected chi connectivity index (χ0v) is 15.8. The molecule has 6 heteroatoms. The van der Waals surface area contributed by atoms with Crippen molar-refractivity contribution in [3.8, 4) is 0 Å². The number of nitrogens with one attached hydrogen (secondary N) is 2. The monoisotopic (exact) mass is 371 g/mol. The first kappa shape index (κ1) is 19.5. The number of nitrogens with zero attached hydrogens (tertiary/aromatic N) is 1. The van der Waals surface area contributed by atoms with Crippen LogP contribution in [0.15, 0.2) is 29.1 Å². The maximum absolute atomic E-state index is 12.0. The number of fused-ring (bicyclic) bond motifs is 1. The number of rotatable bonds is 9. The maximum atomic E-state index is 12.0. The lowest BCUT2D eigenvalue weighted by atomic mass is 9.98. The summed E-state index contributed by atoms with van der Waals surface area (Å²) >= 11 is 0. The van der Waals surface area contributed by atoms with Crippen LogP contribution < -0.4 is 10.9 Å². The maximum Gasteiger partial charge on any atom is 0.258 e. The molecule has 0 atom stereocenters. The Morgan fingerprint density at radius 2 is 2.00 bits per heavy atom. The van der Waals surface area contributed by atoms with Crippen LogP contribution >= 0.6 is 0 Å². The number of carbonyl (C=O) groups excluding carboxylic acids is 1. The molecule has 0 bridgehead atoms. The molecule has 1 aromatic carbocycles. The van der Waals surface area contributed by atoms with Crippen molar-refractivity contribution in [2.24, 2.45) is 0 Å². The number of hydrogen-bond donors (Lipinski definition) is 2. The lowest BCUT2D eigenvalue weighted by Crippen LogP contribution is -2.26. The number of ether oxygens (including phenoxy) is 1. The lowest BCUT2D eigenvalue weighted by molar-refractivity contribution is -0.121. The molecule has 1 aliphatic carbocycles. The van der Waals surface area contributed by atoms with Crippen molar-refractivity contribution in [2.45, 2.75) is 63.9 Å². The molecule has 27 heavy (non-hydrogen) atoms. The molecular formula is C21H29N3O3. The summed E-state index contributed by atoms with van der Waals surface area (Å²) in [6.07, 6.45) is 9.18. The van der Waals surface area contributed by atoms with E-state index in [2.05, 4.69) is 15.3 Å². The topological polar surface area (TPSA) is 84.1 Å². The molecule has 0 spiro atoms. The Bertz CT molecular complexity index is 797. The van der Waals surface area contributed by atoms with Crippen LogP contribution in [0, 0.1) is 0 Å². The summed E-state index contributed by atoms with van der Waals surface area (Å²) < 4.78 is 5.86. The quantitative estimate of drug-likeness (QED) is 0.664. The Kier molecular flexibility index (Phi) is 7.39. The van der Waals surface area contributed by atoms with Crippen molar-refractivity contribution in [2.75, 3.05) is 13.2 Å². The summed E-state index contributed by atoms with van der Waals surface area (Å²) in [6, 6.07) is 7.28. The van der Waals surface area contributed by atoms with Gasteiger partial charge in [0.15, 0.2) is 0 Å². The summed E-state index contributed by atoms with van der Waals surface area (Å²) in [5.41, 5.74) is 0.566. The molecule has 146 valence electrons. The molecule has 0 saturated heterocycles. The molecule has 2 aromatic rings. The summed E-state index contributed by atoms with van der Waals surface area (Å²) in [4.78, 5) is 31.2. The largest absolute Gasteiger partial charge is 0.378 e. The van der Waals surface area contributed by atoms with E-state index in [0.29, 0.717) is 55.2 Å². The Hall–Kier alpha value is -2.21. The van der Waals surface area contributed by atoms with Gasteiger partial charge in [0.05, 0.1) is 17.0 Å². The molecule has 0 aliphatic heterocycles. The van der Waals surface area contributed by atoms with Crippen molar-refractivity contribution in [3.05, 3.63) is 40.4 Å². The number of H-pyrrole nitrogens is 1. The molecule has 2 N–H and O–H groups in total. The van der Waals surface area contributed by atoms with E-state index >= 15 is 0 Å². The van der Waals surface area contributed by atoms with Crippen LogP contribution in [-0.2, 0) is 16.0 Å². The summed E-state index contributed by atoms with van der Waals surface area (Å²) in [5.74, 6) is 0.670. The third kappa shape index (κ3) is 6.17. The molecule has 1 aromatic heterocycles. The van der Waals surface area contributed by atoms with E-state index in [1.165, 1.54) is 32.1 Å². The van der Waals surface area contributed by atoms with Gasteiger partial charge < -0.3 is 15.0 Å². The first-order valence-corrected chi connectivity index (χ1v) is 10.1. The van der Waals surface area contributed by atoms with Gasteiger partial charge in [-0.05, 0) is 37.8 Å². The first-order valence-electron chi connectivity index (χ1n) is 10.1. The molecule has 1 amide bonds. The molecule has 0 unspecified atom stereocenters. The van der Waals surface area contributed by atoms with Gasteiger partial charge in [-0.25, -0.2) is 4.98 Å². The summed E-state index contributed by atoms with van der Waals surface area (Å²) in [7, 11) is 0. The third-order valence-corrected chi connectivity index (χ3v) is 5.03. The number of amides is 1. The number of para-hydroxylation sites is 1. The van der Waals surface area contributed by atoms with Crippen LogP contribution in [0.1, 0.15) is 57.2 Å². The Morgan fingerprint density at radius 1 is 1.19 bits per heavy atom. The first-order chi connectivity index (χ1) is 13.2. The highest BCUT2D eigenvalue weighted by Gasteiger charge is 2.13. The van der Waals surface area contributed by atoms with Crippen molar-refractivity contribution < 1.29 is 9.53 Å². The second-order valence-corrected chi connectivity index (χ2v) is 7.22. The van der Waals surface area contributed by atoms with E-state index in [4.69, 9.17) is 4.74 Å². The zero-order chi connectivity index (χ0) is 18.9. The Morgan fingerprint density at radius 3 is 2.85 bits per heavy atom. The molecule has 0 radical (unpaired) electrons. The van der Waals surface area contributed by atoms with Crippen LogP contribution in [0.5, 0.6) is 0 Å². The van der Waals surface area contributed by atoms with Crippen LogP contribution in [0.2, 0.25) is 0 Å². The van der Waals surface area contributed by atoms with E-state index in [0.717, 1.165) is 6.42 Å². The Labute approximate surface area is 159 Å². The van der Waals surface area contributed by atoms with Gasteiger partial charge in [-0.3, -0.25) is 9.59 Å². The number of aryl methyl sites for hydroxylation is 1. The predicted molar refractivity (Wildman–Crippen MR) is 106 cm³/mol. The van der Waals surface area contributed by atoms with Crippen LogP contribution in [0.4, 0.5) is 0 Å². The third-order valence-electron chi connectivity index (χ3n) is 5.03. The van der Waals surface area contributed by atoms with E-state index in [-0.39, 0.29) is 11.5 Å². The number of aromatic nitrogens is 2. The molecule has 1 saturated carbocycles. The normalized spacial score (nSPS) is 15.1. The van der Waals surface area contributed by atoms with Gasteiger partial charge in [0, 0.05) is 26.0 Å². The summed E-state index contributed by atoms with van der Waals surface area (Å²) in [5, 5.41) is 3.53. The SMILES string of the molecule is O=C(CCCc1nc2ccccc2c(=O)[nH]1)NCCCOC1CCCCC1. The van der Waals surface area contributed by atoms with Gasteiger partial charge in [-0.2, -0.15) is 0 Å². The number of aromatic amines is 1. The van der Waals surface area contributed by atoms with Crippen LogP contribution in [0.3, 0.4) is 0 Å². The highest BCUT2D eigenvalue weighted by Crippen LogP contribution is 2.20. The molecule has 6 nitrogen and oxygen atoms in total. The Balaban J connectivity index is 1.31. The molecule has 1 fully saturated rings. The van der Waals surface area contributed by atoms with E-state index < -0.39 is 0 Å². The van der Waals surface area contributed by atoms with Crippen molar-refractivity contribution in [1.29, 1.82) is 0 Å². The molecule has 1 heterocycles. The van der Waals surface area contributed by atoms with Crippen molar-refractivity contribution >= 4 is 16.8 Å². The van der Waals surface area contributed by atoms with Gasteiger partial charge in [-0.15, -0.1) is 0 Å². The standard InChI is InChI=1S/C21H29N3O3/c25-20(22-14-7-15-27-16-8-2-1-3-9-16)13-6-12-19-23-18-11-5-4-10-17(18)21(26)24-19/h4-5,10-11,16H,1-3,6-9,12-15H2,(H,22,25)(H,23,24,26). The van der Waals surface area contributed by atoms with Gasteiger partial charge >= 0.3 is 0 Å². The minimum atomic E-state index is -0.127. The number of benzene rings is 1. The average Bonchev–Trinajstić information content (AvgIpc) is 2.69.